The molecule has 6 nitrogen and oxygen atoms in total. The SMILES string of the molecule is CN(C)C(=O)c1ccc(-c2cc3nccc(-c4ccc(CC5CCOCC5)c(C#N)c4)c3o2)c(F)c1. The molecule has 0 spiro atoms. The Morgan fingerprint density at radius 2 is 1.92 bits per heavy atom. The van der Waals surface area contributed by atoms with E-state index in [-0.39, 0.29) is 17.0 Å². The van der Waals surface area contributed by atoms with Gasteiger partial charge in [0.2, 0.25) is 0 Å². The van der Waals surface area contributed by atoms with Gasteiger partial charge in [0.25, 0.3) is 5.91 Å². The Hall–Kier alpha value is -4.02. The summed E-state index contributed by atoms with van der Waals surface area (Å²) < 4.78 is 26.5. The number of benzene rings is 2. The van der Waals surface area contributed by atoms with Crippen LogP contribution in [-0.2, 0) is 11.2 Å². The van der Waals surface area contributed by atoms with Crippen molar-refractivity contribution < 1.29 is 18.3 Å². The first-order chi connectivity index (χ1) is 17.4. The number of carbonyl (C=O) groups is 1. The van der Waals surface area contributed by atoms with Crippen molar-refractivity contribution in [2.24, 2.45) is 5.92 Å². The van der Waals surface area contributed by atoms with Crippen LogP contribution in [0.25, 0.3) is 33.6 Å². The van der Waals surface area contributed by atoms with E-state index >= 15 is 0 Å². The monoisotopic (exact) mass is 483 g/mol. The van der Waals surface area contributed by atoms with Gasteiger partial charge in [-0.05, 0) is 66.6 Å². The average Bonchev–Trinajstić information content (AvgIpc) is 3.33. The summed E-state index contributed by atoms with van der Waals surface area (Å²) >= 11 is 0. The van der Waals surface area contributed by atoms with Crippen molar-refractivity contribution in [3.05, 3.63) is 77.2 Å². The molecule has 5 rings (SSSR count). The average molecular weight is 484 g/mol. The number of pyridine rings is 1. The fraction of sp³-hybridized carbons (Fsp3) is 0.276. The molecule has 4 aromatic rings. The van der Waals surface area contributed by atoms with Crippen LogP contribution in [0.15, 0.2) is 59.1 Å². The van der Waals surface area contributed by atoms with Crippen molar-refractivity contribution in [1.82, 2.24) is 9.88 Å². The van der Waals surface area contributed by atoms with Gasteiger partial charge in [-0.2, -0.15) is 5.26 Å². The Labute approximate surface area is 208 Å². The maximum absolute atomic E-state index is 15.0. The number of rotatable bonds is 5. The zero-order chi connectivity index (χ0) is 25.2. The quantitative estimate of drug-likeness (QED) is 0.356. The number of nitrogens with zero attached hydrogens (tertiary/aromatic N) is 3. The molecule has 0 aliphatic carbocycles. The summed E-state index contributed by atoms with van der Waals surface area (Å²) in [5.41, 5.74) is 4.90. The third kappa shape index (κ3) is 4.60. The number of carbonyl (C=O) groups excluding carboxylic acids is 1. The summed E-state index contributed by atoms with van der Waals surface area (Å²) in [5.74, 6) is 0.0179. The number of halogens is 1. The van der Waals surface area contributed by atoms with Crippen molar-refractivity contribution in [3.63, 3.8) is 0 Å². The number of furan rings is 1. The molecule has 0 radical (unpaired) electrons. The van der Waals surface area contributed by atoms with E-state index in [0.717, 1.165) is 49.2 Å². The van der Waals surface area contributed by atoms with Gasteiger partial charge in [-0.15, -0.1) is 0 Å². The van der Waals surface area contributed by atoms with Gasteiger partial charge >= 0.3 is 0 Å². The molecule has 1 aliphatic heterocycles. The van der Waals surface area contributed by atoms with Crippen LogP contribution >= 0.6 is 0 Å². The number of fused-ring (bicyclic) bond motifs is 1. The number of hydrogen-bond donors (Lipinski definition) is 0. The first-order valence-electron chi connectivity index (χ1n) is 12.0. The Bertz CT molecular complexity index is 1480. The van der Waals surface area contributed by atoms with E-state index in [9.17, 15) is 14.4 Å². The summed E-state index contributed by atoms with van der Waals surface area (Å²) in [7, 11) is 3.24. The van der Waals surface area contributed by atoms with E-state index in [1.165, 1.54) is 11.0 Å². The third-order valence-electron chi connectivity index (χ3n) is 6.69. The Morgan fingerprint density at radius 1 is 1.11 bits per heavy atom. The van der Waals surface area contributed by atoms with E-state index in [1.807, 2.05) is 24.3 Å². The number of nitriles is 1. The fourth-order valence-electron chi connectivity index (χ4n) is 4.69. The van der Waals surface area contributed by atoms with Crippen LogP contribution in [0.4, 0.5) is 4.39 Å². The fourth-order valence-corrected chi connectivity index (χ4v) is 4.69. The van der Waals surface area contributed by atoms with Gasteiger partial charge in [0.1, 0.15) is 17.1 Å². The van der Waals surface area contributed by atoms with E-state index in [0.29, 0.717) is 28.3 Å². The normalized spacial score (nSPS) is 14.1. The molecule has 1 fully saturated rings. The molecule has 3 heterocycles. The second kappa shape index (κ2) is 9.92. The predicted molar refractivity (Wildman–Crippen MR) is 135 cm³/mol. The lowest BCUT2D eigenvalue weighted by atomic mass is 9.89. The van der Waals surface area contributed by atoms with Crippen LogP contribution in [0.2, 0.25) is 0 Å². The largest absolute Gasteiger partial charge is 0.454 e. The Kier molecular flexibility index (Phi) is 6.53. The topological polar surface area (TPSA) is 79.4 Å². The molecule has 2 aromatic heterocycles. The highest BCUT2D eigenvalue weighted by Gasteiger charge is 2.19. The molecule has 0 N–H and O–H groups in total. The van der Waals surface area contributed by atoms with Crippen LogP contribution in [0.3, 0.4) is 0 Å². The predicted octanol–water partition coefficient (Wildman–Crippen LogP) is 5.84. The van der Waals surface area contributed by atoms with Gasteiger partial charge in [0.15, 0.2) is 5.58 Å². The number of hydrogen-bond acceptors (Lipinski definition) is 5. The number of aromatic nitrogens is 1. The minimum absolute atomic E-state index is 0.249. The van der Waals surface area contributed by atoms with Gasteiger partial charge in [-0.3, -0.25) is 9.78 Å². The molecule has 0 atom stereocenters. The molecule has 7 heteroatoms. The van der Waals surface area contributed by atoms with Crippen molar-refractivity contribution >= 4 is 17.0 Å². The van der Waals surface area contributed by atoms with Gasteiger partial charge in [0, 0.05) is 50.7 Å². The summed E-state index contributed by atoms with van der Waals surface area (Å²) in [6.45, 7) is 1.55. The van der Waals surface area contributed by atoms with Crippen LogP contribution in [0.1, 0.15) is 34.3 Å². The number of ether oxygens (including phenoxy) is 1. The zero-order valence-corrected chi connectivity index (χ0v) is 20.3. The lowest BCUT2D eigenvalue weighted by Crippen LogP contribution is -2.21. The molecule has 2 aromatic carbocycles. The highest BCUT2D eigenvalue weighted by atomic mass is 19.1. The summed E-state index contributed by atoms with van der Waals surface area (Å²) in [6, 6.07) is 16.1. The summed E-state index contributed by atoms with van der Waals surface area (Å²) in [5, 5.41) is 9.83. The standard InChI is InChI=1S/C29H26FN3O3/c1-33(2)29(34)21-5-6-24(25(30)15-21)27-16-26-28(36-27)23(7-10-32-26)20-4-3-19(22(14-20)17-31)13-18-8-11-35-12-9-18/h3-7,10,14-16,18H,8-9,11-13H2,1-2H3. The van der Waals surface area contributed by atoms with E-state index < -0.39 is 5.82 Å². The first kappa shape index (κ1) is 23.7. The minimum atomic E-state index is -0.549. The molecule has 1 saturated heterocycles. The van der Waals surface area contributed by atoms with Gasteiger partial charge in [-0.1, -0.05) is 12.1 Å². The molecule has 1 aliphatic rings. The van der Waals surface area contributed by atoms with Crippen molar-refractivity contribution in [3.8, 4) is 28.5 Å². The van der Waals surface area contributed by atoms with Crippen LogP contribution < -0.4 is 0 Å². The first-order valence-corrected chi connectivity index (χ1v) is 12.0. The van der Waals surface area contributed by atoms with E-state index in [4.69, 9.17) is 9.15 Å². The van der Waals surface area contributed by atoms with Gasteiger partial charge in [0.05, 0.1) is 17.2 Å². The Morgan fingerprint density at radius 3 is 2.64 bits per heavy atom. The van der Waals surface area contributed by atoms with Crippen molar-refractivity contribution in [1.29, 1.82) is 5.26 Å². The second-order valence-corrected chi connectivity index (χ2v) is 9.32. The molecule has 36 heavy (non-hydrogen) atoms. The van der Waals surface area contributed by atoms with Crippen LogP contribution in [-0.4, -0.2) is 43.1 Å². The van der Waals surface area contributed by atoms with Crippen LogP contribution in [0.5, 0.6) is 0 Å². The zero-order valence-electron chi connectivity index (χ0n) is 20.3. The van der Waals surface area contributed by atoms with Gasteiger partial charge < -0.3 is 14.1 Å². The smallest absolute Gasteiger partial charge is 0.253 e. The highest BCUT2D eigenvalue weighted by molar-refractivity contribution is 5.95. The van der Waals surface area contributed by atoms with E-state index in [2.05, 4.69) is 11.1 Å². The third-order valence-corrected chi connectivity index (χ3v) is 6.69. The highest BCUT2D eigenvalue weighted by Crippen LogP contribution is 2.35. The Balaban J connectivity index is 1.49. The molecule has 0 unspecified atom stereocenters. The molecule has 1 amide bonds. The van der Waals surface area contributed by atoms with Crippen molar-refractivity contribution in [2.75, 3.05) is 27.3 Å². The van der Waals surface area contributed by atoms with E-state index in [1.54, 1.807) is 38.5 Å². The maximum atomic E-state index is 15.0. The van der Waals surface area contributed by atoms with Crippen molar-refractivity contribution in [2.45, 2.75) is 19.3 Å². The molecule has 0 bridgehead atoms. The lowest BCUT2D eigenvalue weighted by molar-refractivity contribution is 0.0665. The number of amides is 1. The van der Waals surface area contributed by atoms with Crippen LogP contribution in [0, 0.1) is 23.1 Å². The lowest BCUT2D eigenvalue weighted by Gasteiger charge is -2.22. The summed E-state index contributed by atoms with van der Waals surface area (Å²) in [4.78, 5) is 18.0. The minimum Gasteiger partial charge on any atom is -0.454 e. The molecular formula is C29H26FN3O3. The molecule has 182 valence electrons. The summed E-state index contributed by atoms with van der Waals surface area (Å²) in [6.07, 6.45) is 4.55. The van der Waals surface area contributed by atoms with Gasteiger partial charge in [-0.25, -0.2) is 4.39 Å². The molecule has 0 saturated carbocycles. The second-order valence-electron chi connectivity index (χ2n) is 9.32. The maximum Gasteiger partial charge on any atom is 0.253 e. The molecular weight excluding hydrogens is 457 g/mol.